The Morgan fingerprint density at radius 1 is 1.00 bits per heavy atom. The topological polar surface area (TPSA) is 52.6 Å². The van der Waals surface area contributed by atoms with Gasteiger partial charge in [0.2, 0.25) is 5.44 Å². The second-order valence-electron chi connectivity index (χ2n) is 3.02. The van der Waals surface area contributed by atoms with E-state index < -0.39 is 40.1 Å². The van der Waals surface area contributed by atoms with Gasteiger partial charge in [-0.3, -0.25) is 4.74 Å². The average Bonchev–Trinajstić information content (AvgIpc) is 2.12. The average molecular weight is 310 g/mol. The van der Waals surface area contributed by atoms with Gasteiger partial charge in [-0.25, -0.2) is 8.57 Å². The van der Waals surface area contributed by atoms with Crippen molar-refractivity contribution >= 4 is 10.1 Å². The van der Waals surface area contributed by atoms with Crippen molar-refractivity contribution in [3.05, 3.63) is 0 Å². The van der Waals surface area contributed by atoms with Gasteiger partial charge in [0.05, 0.1) is 0 Å². The van der Waals surface area contributed by atoms with Crippen molar-refractivity contribution in [3.8, 4) is 0 Å². The molecular weight excluding hydrogens is 308 g/mol. The molecule has 1 rings (SSSR count). The molecule has 18 heavy (non-hydrogen) atoms. The predicted octanol–water partition coefficient (Wildman–Crippen LogP) is 1.78. The Hall–Kier alpha value is -0.690. The van der Waals surface area contributed by atoms with Crippen molar-refractivity contribution in [2.24, 2.45) is 0 Å². The molecular formula is C5H2F8O4S. The summed E-state index contributed by atoms with van der Waals surface area (Å²) in [6, 6.07) is 0. The third-order valence-electron chi connectivity index (χ3n) is 1.71. The fraction of sp³-hybridized carbons (Fsp3) is 1.00. The molecule has 0 aromatic rings. The van der Waals surface area contributed by atoms with E-state index in [1.165, 1.54) is 0 Å². The van der Waals surface area contributed by atoms with Gasteiger partial charge in [-0.1, -0.05) is 0 Å². The monoisotopic (exact) mass is 310 g/mol. The zero-order valence-corrected chi connectivity index (χ0v) is 8.54. The first-order valence-corrected chi connectivity index (χ1v) is 5.26. The number of alkyl halides is 8. The molecule has 2 atom stereocenters. The van der Waals surface area contributed by atoms with Crippen molar-refractivity contribution in [2.45, 2.75) is 30.0 Å². The molecule has 1 fully saturated rings. The van der Waals surface area contributed by atoms with Gasteiger partial charge in [0.1, 0.15) is 0 Å². The van der Waals surface area contributed by atoms with Crippen LogP contribution < -0.4 is 0 Å². The molecule has 2 unspecified atom stereocenters. The maximum absolute atomic E-state index is 12.5. The lowest BCUT2D eigenvalue weighted by Gasteiger charge is -2.35. The van der Waals surface area contributed by atoms with E-state index in [0.29, 0.717) is 0 Å². The molecule has 1 saturated heterocycles. The lowest BCUT2D eigenvalue weighted by atomic mass is 10.3. The van der Waals surface area contributed by atoms with Crippen LogP contribution in [0, 0.1) is 0 Å². The van der Waals surface area contributed by atoms with Crippen LogP contribution in [0.3, 0.4) is 0 Å². The molecule has 1 heterocycles. The molecule has 0 N–H and O–H groups in total. The summed E-state index contributed by atoms with van der Waals surface area (Å²) >= 11 is 0. The maximum atomic E-state index is 12.5. The fourth-order valence-electron chi connectivity index (χ4n) is 0.803. The van der Waals surface area contributed by atoms with Crippen molar-refractivity contribution in [1.29, 1.82) is 0 Å². The van der Waals surface area contributed by atoms with Crippen LogP contribution in [0.15, 0.2) is 0 Å². The zero-order valence-electron chi connectivity index (χ0n) is 7.72. The Kier molecular flexibility index (Phi) is 3.33. The maximum Gasteiger partial charge on any atom is 0.462 e. The zero-order chi connectivity index (χ0) is 14.6. The fourth-order valence-corrected chi connectivity index (χ4v) is 1.65. The summed E-state index contributed by atoms with van der Waals surface area (Å²) in [5.74, 6) is -6.69. The van der Waals surface area contributed by atoms with Crippen molar-refractivity contribution in [3.63, 3.8) is 0 Å². The second-order valence-corrected chi connectivity index (χ2v) is 4.66. The van der Waals surface area contributed by atoms with Crippen molar-refractivity contribution < 1.29 is 52.5 Å². The van der Waals surface area contributed by atoms with E-state index in [2.05, 4.69) is 8.92 Å². The molecule has 0 saturated carbocycles. The van der Waals surface area contributed by atoms with E-state index in [-0.39, 0.29) is 0 Å². The predicted molar refractivity (Wildman–Crippen MR) is 35.7 cm³/mol. The Morgan fingerprint density at radius 3 is 1.72 bits per heavy atom. The first kappa shape index (κ1) is 15.4. The van der Waals surface area contributed by atoms with Crippen LogP contribution >= 0.6 is 0 Å². The highest BCUT2D eigenvalue weighted by Crippen LogP contribution is 2.49. The Morgan fingerprint density at radius 2 is 1.44 bits per heavy atom. The quantitative estimate of drug-likeness (QED) is 0.589. The third-order valence-corrected chi connectivity index (χ3v) is 3.04. The molecule has 0 bridgehead atoms. The second kappa shape index (κ2) is 3.90. The minimum absolute atomic E-state index is 2.70. The SMILES string of the molecule is O=S1(=O)OC(F)C1OC(F)(F)C(F)(F)C(F)(F)F. The molecule has 0 radical (unpaired) electrons. The van der Waals surface area contributed by atoms with Gasteiger partial charge >= 0.3 is 28.3 Å². The molecule has 1 aliphatic rings. The minimum atomic E-state index is -6.71. The van der Waals surface area contributed by atoms with Crippen molar-refractivity contribution in [2.75, 3.05) is 0 Å². The van der Waals surface area contributed by atoms with Gasteiger partial charge in [0.15, 0.2) is 0 Å². The van der Waals surface area contributed by atoms with Gasteiger partial charge in [0.25, 0.3) is 6.36 Å². The van der Waals surface area contributed by atoms with Gasteiger partial charge < -0.3 is 0 Å². The van der Waals surface area contributed by atoms with Gasteiger partial charge in [-0.15, -0.1) is 0 Å². The van der Waals surface area contributed by atoms with Crippen LogP contribution in [0.2, 0.25) is 0 Å². The van der Waals surface area contributed by atoms with E-state index >= 15 is 0 Å². The Bertz CT molecular complexity index is 427. The Balaban J connectivity index is 2.96. The summed E-state index contributed by atoms with van der Waals surface area (Å²) in [6.45, 7) is 0. The summed E-state index contributed by atoms with van der Waals surface area (Å²) in [5, 5.41) is 0. The summed E-state index contributed by atoms with van der Waals surface area (Å²) < 4.78 is 123. The molecule has 4 nitrogen and oxygen atoms in total. The number of halogens is 8. The van der Waals surface area contributed by atoms with E-state index in [4.69, 9.17) is 0 Å². The van der Waals surface area contributed by atoms with Crippen LogP contribution in [0.1, 0.15) is 0 Å². The molecule has 13 heteroatoms. The van der Waals surface area contributed by atoms with E-state index in [9.17, 15) is 43.5 Å². The van der Waals surface area contributed by atoms with Crippen LogP contribution in [0.5, 0.6) is 0 Å². The summed E-state index contributed by atoms with van der Waals surface area (Å²) in [5.41, 5.74) is -3.25. The smallest absolute Gasteiger partial charge is 0.287 e. The molecule has 108 valence electrons. The third kappa shape index (κ3) is 2.25. The molecule has 0 aromatic carbocycles. The highest BCUT2D eigenvalue weighted by molar-refractivity contribution is 7.88. The molecule has 1 aliphatic heterocycles. The number of ether oxygens (including phenoxy) is 1. The van der Waals surface area contributed by atoms with E-state index in [0.717, 1.165) is 0 Å². The first-order chi connectivity index (χ1) is 7.72. The van der Waals surface area contributed by atoms with Crippen molar-refractivity contribution in [1.82, 2.24) is 0 Å². The number of hydrogen-bond donors (Lipinski definition) is 0. The van der Waals surface area contributed by atoms with Crippen LogP contribution in [0.4, 0.5) is 35.1 Å². The highest BCUT2D eigenvalue weighted by atomic mass is 32.2. The van der Waals surface area contributed by atoms with Crippen LogP contribution in [0.25, 0.3) is 0 Å². The lowest BCUT2D eigenvalue weighted by molar-refractivity contribution is -0.433. The van der Waals surface area contributed by atoms with Gasteiger partial charge in [-0.2, -0.15) is 39.2 Å². The normalized spacial score (nSPS) is 28.9. The summed E-state index contributed by atoms with van der Waals surface area (Å²) in [4.78, 5) is 0. The van der Waals surface area contributed by atoms with Crippen LogP contribution in [-0.4, -0.2) is 38.4 Å². The largest absolute Gasteiger partial charge is 0.462 e. The van der Waals surface area contributed by atoms with E-state index in [1.807, 2.05) is 0 Å². The molecule has 0 amide bonds. The highest BCUT2D eigenvalue weighted by Gasteiger charge is 2.76. The molecule has 0 spiro atoms. The van der Waals surface area contributed by atoms with Gasteiger partial charge in [-0.05, 0) is 0 Å². The summed E-state index contributed by atoms with van der Waals surface area (Å²) in [6.07, 6.45) is -16.1. The van der Waals surface area contributed by atoms with E-state index in [1.54, 1.807) is 0 Å². The standard InChI is InChI=1S/C5H2F8O4S/c6-1-2(18(14,15)17-1)16-5(12,13)3(7,8)4(9,10)11/h1-2H. The summed E-state index contributed by atoms with van der Waals surface area (Å²) in [7, 11) is -5.09. The van der Waals surface area contributed by atoms with Gasteiger partial charge in [0, 0.05) is 0 Å². The molecule has 0 aromatic heterocycles. The Labute approximate surface area is 93.6 Å². The number of hydrogen-bond acceptors (Lipinski definition) is 4. The lowest BCUT2D eigenvalue weighted by Crippen LogP contribution is -2.59. The minimum Gasteiger partial charge on any atom is -0.287 e. The van der Waals surface area contributed by atoms with Crippen LogP contribution in [-0.2, 0) is 19.0 Å². The number of rotatable bonds is 3. The molecule has 0 aliphatic carbocycles. The first-order valence-electron chi connectivity index (χ1n) is 3.79.